The van der Waals surface area contributed by atoms with Gasteiger partial charge in [0.25, 0.3) is 0 Å². The summed E-state index contributed by atoms with van der Waals surface area (Å²) in [7, 11) is 3.19. The SMILES string of the molecule is CCc1ccc(OC(=O)c2ccc(OC(=O)c3ccc(OCCC(C)OC)cc3)cc2)c(OC)c1. The molecule has 0 aromatic heterocycles. The number of esters is 2. The van der Waals surface area contributed by atoms with Gasteiger partial charge in [-0.15, -0.1) is 0 Å². The lowest BCUT2D eigenvalue weighted by Crippen LogP contribution is -2.11. The van der Waals surface area contributed by atoms with E-state index in [9.17, 15) is 9.59 Å². The van der Waals surface area contributed by atoms with Gasteiger partial charge < -0.3 is 23.7 Å². The molecule has 7 heteroatoms. The van der Waals surface area contributed by atoms with Crippen molar-refractivity contribution in [3.05, 3.63) is 83.4 Å². The lowest BCUT2D eigenvalue weighted by molar-refractivity contribution is 0.0727. The number of benzene rings is 3. The fourth-order valence-electron chi connectivity index (χ4n) is 3.15. The van der Waals surface area contributed by atoms with E-state index in [1.54, 1.807) is 49.6 Å². The van der Waals surface area contributed by atoms with Crippen LogP contribution in [0, 0.1) is 0 Å². The molecule has 0 aliphatic carbocycles. The van der Waals surface area contributed by atoms with Gasteiger partial charge in [0.2, 0.25) is 0 Å². The molecule has 0 amide bonds. The minimum Gasteiger partial charge on any atom is -0.493 e. The van der Waals surface area contributed by atoms with Crippen LogP contribution in [0.1, 0.15) is 46.5 Å². The van der Waals surface area contributed by atoms with E-state index in [1.165, 1.54) is 19.2 Å². The van der Waals surface area contributed by atoms with Gasteiger partial charge in [-0.3, -0.25) is 0 Å². The Morgan fingerprint density at radius 2 is 1.37 bits per heavy atom. The lowest BCUT2D eigenvalue weighted by atomic mass is 10.1. The van der Waals surface area contributed by atoms with Crippen molar-refractivity contribution in [3.63, 3.8) is 0 Å². The molecule has 184 valence electrons. The smallest absolute Gasteiger partial charge is 0.343 e. The molecule has 1 atom stereocenters. The fraction of sp³-hybridized carbons (Fsp3) is 0.286. The van der Waals surface area contributed by atoms with Crippen molar-refractivity contribution in [1.82, 2.24) is 0 Å². The zero-order chi connectivity index (χ0) is 25.2. The second-order valence-electron chi connectivity index (χ2n) is 7.85. The van der Waals surface area contributed by atoms with Crippen molar-refractivity contribution in [3.8, 4) is 23.0 Å². The number of ether oxygens (including phenoxy) is 5. The molecule has 7 nitrogen and oxygen atoms in total. The van der Waals surface area contributed by atoms with Gasteiger partial charge in [0, 0.05) is 13.5 Å². The molecule has 3 aromatic rings. The summed E-state index contributed by atoms with van der Waals surface area (Å²) in [6, 6.07) is 18.3. The molecule has 0 aliphatic rings. The second kappa shape index (κ2) is 12.6. The van der Waals surface area contributed by atoms with Crippen molar-refractivity contribution in [2.45, 2.75) is 32.8 Å². The van der Waals surface area contributed by atoms with Crippen LogP contribution in [0.2, 0.25) is 0 Å². The molecule has 1 unspecified atom stereocenters. The number of rotatable bonds is 11. The molecular weight excluding hydrogens is 448 g/mol. The Kier molecular flexibility index (Phi) is 9.26. The topological polar surface area (TPSA) is 80.3 Å². The van der Waals surface area contributed by atoms with E-state index in [2.05, 4.69) is 0 Å². The number of carbonyl (C=O) groups excluding carboxylic acids is 2. The van der Waals surface area contributed by atoms with Crippen LogP contribution in [-0.2, 0) is 11.2 Å². The van der Waals surface area contributed by atoms with Gasteiger partial charge in [-0.25, -0.2) is 9.59 Å². The van der Waals surface area contributed by atoms with Gasteiger partial charge in [0.15, 0.2) is 11.5 Å². The quantitative estimate of drug-likeness (QED) is 0.266. The molecule has 3 aromatic carbocycles. The third-order valence-electron chi connectivity index (χ3n) is 5.43. The van der Waals surface area contributed by atoms with E-state index in [-0.39, 0.29) is 6.10 Å². The average molecular weight is 479 g/mol. The highest BCUT2D eigenvalue weighted by molar-refractivity contribution is 5.93. The van der Waals surface area contributed by atoms with Gasteiger partial charge in [-0.2, -0.15) is 0 Å². The van der Waals surface area contributed by atoms with Crippen LogP contribution < -0.4 is 18.9 Å². The summed E-state index contributed by atoms with van der Waals surface area (Å²) in [5.74, 6) is 0.746. The van der Waals surface area contributed by atoms with E-state index < -0.39 is 11.9 Å². The van der Waals surface area contributed by atoms with Crippen LogP contribution >= 0.6 is 0 Å². The van der Waals surface area contributed by atoms with Crippen LogP contribution in [0.5, 0.6) is 23.0 Å². The zero-order valence-corrected chi connectivity index (χ0v) is 20.4. The molecule has 0 radical (unpaired) electrons. The lowest BCUT2D eigenvalue weighted by Gasteiger charge is -2.11. The van der Waals surface area contributed by atoms with Gasteiger partial charge in [0.1, 0.15) is 11.5 Å². The van der Waals surface area contributed by atoms with E-state index >= 15 is 0 Å². The summed E-state index contributed by atoms with van der Waals surface area (Å²) < 4.78 is 27.1. The standard InChI is InChI=1S/C28H30O7/c1-5-20-6-15-25(26(18-20)32-4)35-28(30)22-9-13-24(14-10-22)34-27(29)21-7-11-23(12-8-21)33-17-16-19(2)31-3/h6-15,18-19H,5,16-17H2,1-4H3. The number of aryl methyl sites for hydroxylation is 1. The van der Waals surface area contributed by atoms with Crippen LogP contribution in [0.3, 0.4) is 0 Å². The third-order valence-corrected chi connectivity index (χ3v) is 5.43. The minimum atomic E-state index is -0.541. The first-order valence-electron chi connectivity index (χ1n) is 11.4. The molecule has 0 bridgehead atoms. The Hall–Kier alpha value is -3.84. The predicted octanol–water partition coefficient (Wildman–Crippen LogP) is 5.50. The Balaban J connectivity index is 1.56. The van der Waals surface area contributed by atoms with Crippen molar-refractivity contribution >= 4 is 11.9 Å². The van der Waals surface area contributed by atoms with Crippen LogP contribution in [0.25, 0.3) is 0 Å². The molecule has 3 rings (SSSR count). The van der Waals surface area contributed by atoms with Crippen LogP contribution in [0.4, 0.5) is 0 Å². The first kappa shape index (κ1) is 25.8. The zero-order valence-electron chi connectivity index (χ0n) is 20.4. The number of hydrogen-bond acceptors (Lipinski definition) is 7. The molecule has 0 saturated carbocycles. The normalized spacial score (nSPS) is 11.4. The monoisotopic (exact) mass is 478 g/mol. The highest BCUT2D eigenvalue weighted by Crippen LogP contribution is 2.29. The molecule has 0 aliphatic heterocycles. The van der Waals surface area contributed by atoms with E-state index in [1.807, 2.05) is 26.0 Å². The Morgan fingerprint density at radius 3 is 1.94 bits per heavy atom. The Labute approximate surface area is 205 Å². The van der Waals surface area contributed by atoms with Crippen molar-refractivity contribution in [1.29, 1.82) is 0 Å². The van der Waals surface area contributed by atoms with Crippen molar-refractivity contribution in [2.75, 3.05) is 20.8 Å². The number of carbonyl (C=O) groups is 2. The first-order chi connectivity index (χ1) is 16.9. The summed E-state index contributed by atoms with van der Waals surface area (Å²) in [5.41, 5.74) is 1.77. The molecule has 0 N–H and O–H groups in total. The number of hydrogen-bond donors (Lipinski definition) is 0. The van der Waals surface area contributed by atoms with E-state index in [0.29, 0.717) is 40.7 Å². The summed E-state index contributed by atoms with van der Waals surface area (Å²) in [6.45, 7) is 4.52. The van der Waals surface area contributed by atoms with Crippen molar-refractivity contribution in [2.24, 2.45) is 0 Å². The summed E-state index contributed by atoms with van der Waals surface area (Å²) in [5, 5.41) is 0. The third kappa shape index (κ3) is 7.32. The number of methoxy groups -OCH3 is 2. The predicted molar refractivity (Wildman–Crippen MR) is 132 cm³/mol. The summed E-state index contributed by atoms with van der Waals surface area (Å²) in [6.07, 6.45) is 1.73. The average Bonchev–Trinajstić information content (AvgIpc) is 2.89. The molecule has 0 spiro atoms. The molecule has 0 saturated heterocycles. The van der Waals surface area contributed by atoms with Crippen molar-refractivity contribution < 1.29 is 33.3 Å². The largest absolute Gasteiger partial charge is 0.493 e. The highest BCUT2D eigenvalue weighted by Gasteiger charge is 2.14. The maximum Gasteiger partial charge on any atom is 0.343 e. The highest BCUT2D eigenvalue weighted by atomic mass is 16.6. The minimum absolute atomic E-state index is 0.118. The van der Waals surface area contributed by atoms with Gasteiger partial charge in [-0.1, -0.05) is 13.0 Å². The molecule has 0 fully saturated rings. The second-order valence-corrected chi connectivity index (χ2v) is 7.85. The molecular formula is C28H30O7. The first-order valence-corrected chi connectivity index (χ1v) is 11.4. The Bertz CT molecular complexity index is 1120. The van der Waals surface area contributed by atoms with Gasteiger partial charge in [-0.05, 0) is 79.6 Å². The van der Waals surface area contributed by atoms with E-state index in [0.717, 1.165) is 18.4 Å². The summed E-state index contributed by atoms with van der Waals surface area (Å²) >= 11 is 0. The van der Waals surface area contributed by atoms with Crippen LogP contribution in [0.15, 0.2) is 66.7 Å². The van der Waals surface area contributed by atoms with Gasteiger partial charge in [0.05, 0.1) is 30.9 Å². The fourth-order valence-corrected chi connectivity index (χ4v) is 3.15. The maximum absolute atomic E-state index is 12.5. The molecule has 35 heavy (non-hydrogen) atoms. The molecule has 0 heterocycles. The maximum atomic E-state index is 12.5. The van der Waals surface area contributed by atoms with Gasteiger partial charge >= 0.3 is 11.9 Å². The Morgan fingerprint density at radius 1 is 0.771 bits per heavy atom. The van der Waals surface area contributed by atoms with E-state index in [4.69, 9.17) is 23.7 Å². The van der Waals surface area contributed by atoms with Crippen LogP contribution in [-0.4, -0.2) is 38.9 Å². The summed E-state index contributed by atoms with van der Waals surface area (Å²) in [4.78, 5) is 25.0.